The molecule has 12 nitrogen and oxygen atoms in total. The Kier molecular flexibility index (Phi) is 8.59. The van der Waals surface area contributed by atoms with Gasteiger partial charge in [-0.2, -0.15) is 0 Å². The Labute approximate surface area is 200 Å². The third kappa shape index (κ3) is 7.45. The number of carbonyl (C=O) groups excluding carboxylic acids is 5. The van der Waals surface area contributed by atoms with Gasteiger partial charge in [0.15, 0.2) is 6.04 Å². The summed E-state index contributed by atoms with van der Waals surface area (Å²) in [7, 11) is 1.29. The number of hydrogen-bond acceptors (Lipinski definition) is 7. The van der Waals surface area contributed by atoms with Gasteiger partial charge >= 0.3 is 18.1 Å². The number of amides is 5. The molecule has 2 aromatic rings. The number of esters is 1. The van der Waals surface area contributed by atoms with Crippen LogP contribution in [0.25, 0.3) is 0 Å². The number of anilines is 3. The lowest BCUT2D eigenvalue weighted by atomic mass is 10.2. The highest BCUT2D eigenvalue weighted by molar-refractivity contribution is 6.20. The first kappa shape index (κ1) is 25.0. The zero-order chi connectivity index (χ0) is 25.2. The van der Waals surface area contributed by atoms with Crippen LogP contribution < -0.4 is 26.6 Å². The number of para-hydroxylation sites is 2. The minimum absolute atomic E-state index is 0.0638. The number of benzene rings is 2. The summed E-state index contributed by atoms with van der Waals surface area (Å²) in [5, 5.41) is 12.6. The quantitative estimate of drug-likeness (QED) is 0.218. The number of nitrogens with one attached hydrogen (secondary N) is 5. The van der Waals surface area contributed by atoms with Gasteiger partial charge in [-0.25, -0.2) is 9.59 Å². The molecule has 0 saturated heterocycles. The van der Waals surface area contributed by atoms with Crippen molar-refractivity contribution in [1.29, 1.82) is 0 Å². The van der Waals surface area contributed by atoms with Gasteiger partial charge in [0.1, 0.15) is 6.61 Å². The third-order valence-corrected chi connectivity index (χ3v) is 4.85. The van der Waals surface area contributed by atoms with E-state index in [-0.39, 0.29) is 25.5 Å². The summed E-state index contributed by atoms with van der Waals surface area (Å²) in [4.78, 5) is 60.1. The fraction of sp³-hybridized carbons (Fsp3) is 0.261. The van der Waals surface area contributed by atoms with Crippen molar-refractivity contribution in [3.8, 4) is 0 Å². The lowest BCUT2D eigenvalue weighted by Gasteiger charge is -2.15. The van der Waals surface area contributed by atoms with Crippen LogP contribution in [0.5, 0.6) is 0 Å². The molecular formula is C23H25N5O7. The minimum Gasteiger partial charge on any atom is -0.469 e. The number of methoxy groups -OCH3 is 1. The van der Waals surface area contributed by atoms with Gasteiger partial charge in [0.05, 0.1) is 18.5 Å². The van der Waals surface area contributed by atoms with Gasteiger partial charge in [0.25, 0.3) is 11.8 Å². The summed E-state index contributed by atoms with van der Waals surface area (Å²) in [6.07, 6.45) is -0.0549. The zero-order valence-electron chi connectivity index (χ0n) is 18.9. The highest BCUT2D eigenvalue weighted by Gasteiger charge is 2.32. The molecule has 2 aromatic carbocycles. The number of alkyl carbamates (subject to hydrolysis) is 1. The first-order valence-electron chi connectivity index (χ1n) is 10.7. The molecular weight excluding hydrogens is 458 g/mol. The van der Waals surface area contributed by atoms with E-state index in [0.29, 0.717) is 29.0 Å². The minimum atomic E-state index is -1.45. The van der Waals surface area contributed by atoms with Gasteiger partial charge in [0.2, 0.25) is 0 Å². The van der Waals surface area contributed by atoms with Gasteiger partial charge in [-0.3, -0.25) is 14.4 Å². The standard InChI is InChI=1S/C23H25N5O7/c1-34-18(29)10-5-11-24-23(33)35-13-14-6-4-7-15(12-14)25-22(32)28-19-20(30)26-16-8-2-3-9-17(16)27-21(19)31/h2-4,6-9,12,19H,5,10-11,13H2,1H3,(H,24,33)(H,26,30)(H,27,31)(H2,25,28,32). The average Bonchev–Trinajstić information content (AvgIpc) is 2.96. The molecule has 12 heteroatoms. The van der Waals surface area contributed by atoms with Gasteiger partial charge in [-0.05, 0) is 36.2 Å². The molecule has 184 valence electrons. The molecule has 1 heterocycles. The van der Waals surface area contributed by atoms with E-state index in [1.807, 2.05) is 0 Å². The monoisotopic (exact) mass is 483 g/mol. The van der Waals surface area contributed by atoms with E-state index < -0.39 is 30.0 Å². The molecule has 0 fully saturated rings. The normalized spacial score (nSPS) is 12.8. The van der Waals surface area contributed by atoms with Crippen LogP contribution in [0.4, 0.5) is 26.7 Å². The molecule has 0 unspecified atom stereocenters. The first-order chi connectivity index (χ1) is 16.9. The molecule has 0 aliphatic carbocycles. The Morgan fingerprint density at radius 1 is 0.971 bits per heavy atom. The number of rotatable bonds is 8. The first-order valence-corrected chi connectivity index (χ1v) is 10.7. The van der Waals surface area contributed by atoms with E-state index in [2.05, 4.69) is 31.3 Å². The number of ether oxygens (including phenoxy) is 2. The summed E-state index contributed by atoms with van der Waals surface area (Å²) in [5.74, 6) is -1.72. The lowest BCUT2D eigenvalue weighted by molar-refractivity contribution is -0.140. The third-order valence-electron chi connectivity index (χ3n) is 4.85. The van der Waals surface area contributed by atoms with Crippen molar-refractivity contribution in [2.75, 3.05) is 29.6 Å². The number of urea groups is 1. The Morgan fingerprint density at radius 3 is 2.31 bits per heavy atom. The second-order valence-electron chi connectivity index (χ2n) is 7.44. The highest BCUT2D eigenvalue weighted by atomic mass is 16.5. The van der Waals surface area contributed by atoms with E-state index in [1.54, 1.807) is 48.5 Å². The predicted octanol–water partition coefficient (Wildman–Crippen LogP) is 1.95. The van der Waals surface area contributed by atoms with Crippen molar-refractivity contribution in [2.24, 2.45) is 0 Å². The Bertz CT molecular complexity index is 1080. The van der Waals surface area contributed by atoms with Crippen molar-refractivity contribution in [3.63, 3.8) is 0 Å². The van der Waals surface area contributed by atoms with Crippen LogP contribution in [0.15, 0.2) is 48.5 Å². The Morgan fingerprint density at radius 2 is 1.66 bits per heavy atom. The van der Waals surface area contributed by atoms with E-state index >= 15 is 0 Å². The molecule has 1 aliphatic heterocycles. The van der Waals surface area contributed by atoms with Crippen LogP contribution in [0.2, 0.25) is 0 Å². The number of fused-ring (bicyclic) bond motifs is 1. The van der Waals surface area contributed by atoms with Crippen molar-refractivity contribution in [3.05, 3.63) is 54.1 Å². The second kappa shape index (κ2) is 12.0. The highest BCUT2D eigenvalue weighted by Crippen LogP contribution is 2.23. The fourth-order valence-electron chi connectivity index (χ4n) is 3.12. The van der Waals surface area contributed by atoms with Crippen molar-refractivity contribution < 1.29 is 33.4 Å². The van der Waals surface area contributed by atoms with Crippen LogP contribution in [0, 0.1) is 0 Å². The maximum atomic E-state index is 12.4. The zero-order valence-corrected chi connectivity index (χ0v) is 18.9. The molecule has 0 spiro atoms. The molecule has 0 aromatic heterocycles. The summed E-state index contributed by atoms with van der Waals surface area (Å²) >= 11 is 0. The molecule has 1 aliphatic rings. The molecule has 0 atom stereocenters. The summed E-state index contributed by atoms with van der Waals surface area (Å²) < 4.78 is 9.63. The molecule has 0 bridgehead atoms. The smallest absolute Gasteiger partial charge is 0.407 e. The van der Waals surface area contributed by atoms with Crippen LogP contribution in [-0.4, -0.2) is 49.6 Å². The van der Waals surface area contributed by atoms with Crippen LogP contribution in [0.3, 0.4) is 0 Å². The molecule has 5 N–H and O–H groups in total. The van der Waals surface area contributed by atoms with Crippen LogP contribution in [0.1, 0.15) is 18.4 Å². The SMILES string of the molecule is COC(=O)CCCNC(=O)OCc1cccc(NC(=O)NC2C(=O)Nc3ccccc3NC2=O)c1. The number of hydrogen-bond donors (Lipinski definition) is 5. The van der Waals surface area contributed by atoms with E-state index in [0.717, 1.165) is 0 Å². The van der Waals surface area contributed by atoms with Gasteiger partial charge < -0.3 is 36.1 Å². The molecule has 3 rings (SSSR count). The molecule has 0 radical (unpaired) electrons. The summed E-state index contributed by atoms with van der Waals surface area (Å²) in [5.41, 5.74) is 1.80. The second-order valence-corrected chi connectivity index (χ2v) is 7.44. The maximum Gasteiger partial charge on any atom is 0.407 e. The van der Waals surface area contributed by atoms with Crippen LogP contribution in [-0.2, 0) is 30.5 Å². The topological polar surface area (TPSA) is 164 Å². The largest absolute Gasteiger partial charge is 0.469 e. The van der Waals surface area contributed by atoms with Crippen molar-refractivity contribution in [2.45, 2.75) is 25.5 Å². The summed E-state index contributed by atoms with van der Waals surface area (Å²) in [6, 6.07) is 11.0. The predicted molar refractivity (Wildman–Crippen MR) is 126 cm³/mol. The Balaban J connectivity index is 1.48. The molecule has 0 saturated carbocycles. The van der Waals surface area contributed by atoms with E-state index in [4.69, 9.17) is 4.74 Å². The van der Waals surface area contributed by atoms with Gasteiger partial charge in [-0.1, -0.05) is 24.3 Å². The van der Waals surface area contributed by atoms with E-state index in [9.17, 15) is 24.0 Å². The van der Waals surface area contributed by atoms with Crippen LogP contribution >= 0.6 is 0 Å². The Hall–Kier alpha value is -4.61. The number of carbonyl (C=O) groups is 5. The van der Waals surface area contributed by atoms with Crippen molar-refractivity contribution >= 4 is 47.0 Å². The lowest BCUT2D eigenvalue weighted by Crippen LogP contribution is -2.51. The van der Waals surface area contributed by atoms with Gasteiger partial charge in [-0.15, -0.1) is 0 Å². The maximum absolute atomic E-state index is 12.4. The van der Waals surface area contributed by atoms with E-state index in [1.165, 1.54) is 7.11 Å². The van der Waals surface area contributed by atoms with Crippen molar-refractivity contribution in [1.82, 2.24) is 10.6 Å². The van der Waals surface area contributed by atoms with Gasteiger partial charge in [0, 0.05) is 18.7 Å². The fourth-order valence-corrected chi connectivity index (χ4v) is 3.12. The molecule has 35 heavy (non-hydrogen) atoms. The molecule has 5 amide bonds. The average molecular weight is 483 g/mol. The summed E-state index contributed by atoms with van der Waals surface area (Å²) in [6.45, 7) is 0.189.